The molecular weight excluding hydrogens is 577 g/mol. The van der Waals surface area contributed by atoms with Crippen LogP contribution in [0.3, 0.4) is 0 Å². The number of benzene rings is 2. The lowest BCUT2D eigenvalue weighted by Gasteiger charge is -2.38. The summed E-state index contributed by atoms with van der Waals surface area (Å²) in [5.41, 5.74) is 4.62. The average molecular weight is 614 g/mol. The topological polar surface area (TPSA) is 79.8 Å². The molecule has 5 rings (SSSR count). The largest absolute Gasteiger partial charge is 0.771 e. The summed E-state index contributed by atoms with van der Waals surface area (Å²) in [6, 6.07) is 13.9. The Morgan fingerprint density at radius 2 is 1.70 bits per heavy atom. The molecule has 43 heavy (non-hydrogen) atoms. The highest BCUT2D eigenvalue weighted by Crippen LogP contribution is 2.41. The van der Waals surface area contributed by atoms with Crippen LogP contribution in [0.2, 0.25) is 0 Å². The maximum atomic E-state index is 13.6. The molecule has 1 aliphatic heterocycles. The normalized spacial score (nSPS) is 18.9. The minimum absolute atomic E-state index is 0.0505. The van der Waals surface area contributed by atoms with E-state index in [0.29, 0.717) is 18.4 Å². The van der Waals surface area contributed by atoms with Gasteiger partial charge in [-0.1, -0.05) is 18.2 Å². The lowest BCUT2D eigenvalue weighted by molar-refractivity contribution is -0.137. The van der Waals surface area contributed by atoms with Gasteiger partial charge in [0.2, 0.25) is 0 Å². The third kappa shape index (κ3) is 6.63. The highest BCUT2D eigenvalue weighted by Gasteiger charge is 2.35. The van der Waals surface area contributed by atoms with E-state index in [9.17, 15) is 26.7 Å². The van der Waals surface area contributed by atoms with Gasteiger partial charge in [-0.2, -0.15) is 13.2 Å². The van der Waals surface area contributed by atoms with Gasteiger partial charge < -0.3 is 14.4 Å². The van der Waals surface area contributed by atoms with Crippen LogP contribution in [0.5, 0.6) is 0 Å². The summed E-state index contributed by atoms with van der Waals surface area (Å²) in [5, 5.41) is -1.28. The Morgan fingerprint density at radius 1 is 1.02 bits per heavy atom. The van der Waals surface area contributed by atoms with Crippen LogP contribution in [0.25, 0.3) is 0 Å². The molecule has 1 aromatic heterocycles. The van der Waals surface area contributed by atoms with Gasteiger partial charge in [0.25, 0.3) is 5.91 Å². The van der Waals surface area contributed by atoms with E-state index in [-0.39, 0.29) is 23.6 Å². The smallest absolute Gasteiger partial charge is 0.416 e. The summed E-state index contributed by atoms with van der Waals surface area (Å²) in [6.45, 7) is 5.62. The standard InChI is InChI=1S/C32H37F3N4O3S/c1-20-16-27(17-21(2)36-20)39-14-12-26(13-15-39)37(3)30(40)23-9-8-22-10-11-29(28(22)19-23)38(4)31(43(41)42)24-6-5-7-25(18-24)32(33,34)35/h5-9,16-19,26,29,31H,10-15H2,1-4H3,(H,41,42)/p-1. The number of nitrogens with zero attached hydrogens (tertiary/aromatic N) is 4. The second-order valence-corrected chi connectivity index (χ2v) is 12.6. The number of aryl methyl sites for hydroxylation is 3. The van der Waals surface area contributed by atoms with Crippen LogP contribution in [0.4, 0.5) is 18.9 Å². The Balaban J connectivity index is 1.31. The Hall–Kier alpha value is -3.28. The van der Waals surface area contributed by atoms with E-state index in [0.717, 1.165) is 66.3 Å². The monoisotopic (exact) mass is 613 g/mol. The van der Waals surface area contributed by atoms with Crippen molar-refractivity contribution in [2.24, 2.45) is 0 Å². The molecule has 1 aliphatic carbocycles. The first-order chi connectivity index (χ1) is 20.3. The Morgan fingerprint density at radius 3 is 2.33 bits per heavy atom. The van der Waals surface area contributed by atoms with E-state index in [1.54, 1.807) is 16.8 Å². The van der Waals surface area contributed by atoms with Crippen molar-refractivity contribution >= 4 is 22.7 Å². The van der Waals surface area contributed by atoms with Crippen LogP contribution in [-0.4, -0.2) is 62.7 Å². The zero-order valence-corrected chi connectivity index (χ0v) is 25.5. The molecule has 0 bridgehead atoms. The maximum absolute atomic E-state index is 13.6. The summed E-state index contributed by atoms with van der Waals surface area (Å²) in [4.78, 5) is 23.8. The van der Waals surface area contributed by atoms with Gasteiger partial charge in [0.15, 0.2) is 0 Å². The summed E-state index contributed by atoms with van der Waals surface area (Å²) in [5.74, 6) is -0.105. The summed E-state index contributed by atoms with van der Waals surface area (Å²) < 4.78 is 64.8. The molecule has 230 valence electrons. The highest BCUT2D eigenvalue weighted by atomic mass is 32.2. The molecular formula is C32H36F3N4O3S-. The molecule has 3 aromatic rings. The van der Waals surface area contributed by atoms with Crippen molar-refractivity contribution < 1.29 is 26.7 Å². The molecule has 3 unspecified atom stereocenters. The van der Waals surface area contributed by atoms with Crippen molar-refractivity contribution in [3.8, 4) is 0 Å². The van der Waals surface area contributed by atoms with Crippen molar-refractivity contribution in [2.75, 3.05) is 32.1 Å². The van der Waals surface area contributed by atoms with Gasteiger partial charge in [-0.05, 0) is 111 Å². The number of carbonyl (C=O) groups excluding carboxylic acids is 1. The molecule has 3 atom stereocenters. The summed E-state index contributed by atoms with van der Waals surface area (Å²) in [6.07, 6.45) is -1.65. The van der Waals surface area contributed by atoms with E-state index in [2.05, 4.69) is 22.0 Å². The number of alkyl halides is 3. The molecule has 0 spiro atoms. The molecule has 0 radical (unpaired) electrons. The molecule has 11 heteroatoms. The molecule has 2 heterocycles. The van der Waals surface area contributed by atoms with Gasteiger partial charge in [-0.25, -0.2) is 0 Å². The number of fused-ring (bicyclic) bond motifs is 1. The number of amides is 1. The van der Waals surface area contributed by atoms with Crippen molar-refractivity contribution in [3.05, 3.63) is 93.8 Å². The lowest BCUT2D eigenvalue weighted by Crippen LogP contribution is -2.45. The quantitative estimate of drug-likeness (QED) is 0.306. The first-order valence-corrected chi connectivity index (χ1v) is 15.5. The molecule has 1 saturated heterocycles. The number of pyridine rings is 1. The predicted molar refractivity (Wildman–Crippen MR) is 159 cm³/mol. The second kappa shape index (κ2) is 12.4. The molecule has 1 amide bonds. The van der Waals surface area contributed by atoms with Gasteiger partial charge in [0, 0.05) is 54.9 Å². The van der Waals surface area contributed by atoms with E-state index in [1.165, 1.54) is 12.1 Å². The van der Waals surface area contributed by atoms with Crippen molar-refractivity contribution in [3.63, 3.8) is 0 Å². The number of rotatable bonds is 7. The summed E-state index contributed by atoms with van der Waals surface area (Å²) in [7, 11) is 3.44. The SMILES string of the molecule is Cc1cc(N2CCC(N(C)C(=O)c3ccc4c(c3)C(N(C)C(c3cccc(C(F)(F)F)c3)S(=O)[O-])CC4)CC2)cc(C)n1. The summed E-state index contributed by atoms with van der Waals surface area (Å²) >= 11 is -2.71. The van der Waals surface area contributed by atoms with E-state index < -0.39 is 28.2 Å². The number of hydrogen-bond donors (Lipinski definition) is 0. The van der Waals surface area contributed by atoms with Gasteiger partial charge >= 0.3 is 6.18 Å². The fourth-order valence-electron chi connectivity index (χ4n) is 6.53. The molecule has 1 fully saturated rings. The first kappa shape index (κ1) is 31.2. The Kier molecular flexibility index (Phi) is 8.97. The molecule has 2 aliphatic rings. The van der Waals surface area contributed by atoms with Crippen molar-refractivity contribution in [1.29, 1.82) is 0 Å². The third-order valence-electron chi connectivity index (χ3n) is 8.75. The van der Waals surface area contributed by atoms with Crippen LogP contribution < -0.4 is 4.90 Å². The maximum Gasteiger partial charge on any atom is 0.416 e. The van der Waals surface area contributed by atoms with E-state index >= 15 is 0 Å². The highest BCUT2D eigenvalue weighted by molar-refractivity contribution is 7.79. The van der Waals surface area contributed by atoms with Crippen LogP contribution in [0.15, 0.2) is 54.6 Å². The van der Waals surface area contributed by atoms with Gasteiger partial charge in [-0.3, -0.25) is 18.9 Å². The first-order valence-electron chi connectivity index (χ1n) is 14.4. The molecule has 2 aromatic carbocycles. The fourth-order valence-corrected chi connectivity index (χ4v) is 7.31. The van der Waals surface area contributed by atoms with Crippen LogP contribution in [0.1, 0.15) is 74.7 Å². The van der Waals surface area contributed by atoms with Gasteiger partial charge in [0.1, 0.15) is 0 Å². The van der Waals surface area contributed by atoms with Crippen LogP contribution >= 0.6 is 0 Å². The number of anilines is 1. The minimum Gasteiger partial charge on any atom is -0.771 e. The number of carbonyl (C=O) groups is 1. The zero-order valence-electron chi connectivity index (χ0n) is 24.7. The zero-order chi connectivity index (χ0) is 31.1. The average Bonchev–Trinajstić information content (AvgIpc) is 3.39. The lowest BCUT2D eigenvalue weighted by atomic mass is 9.99. The van der Waals surface area contributed by atoms with Crippen molar-refractivity contribution in [1.82, 2.24) is 14.8 Å². The molecule has 0 saturated carbocycles. The number of halogens is 3. The number of aromatic nitrogens is 1. The predicted octanol–water partition coefficient (Wildman–Crippen LogP) is 5.96. The second-order valence-electron chi connectivity index (χ2n) is 11.6. The minimum atomic E-state index is -4.58. The Labute approximate surface area is 253 Å². The molecule has 7 nitrogen and oxygen atoms in total. The van der Waals surface area contributed by atoms with Crippen LogP contribution in [-0.2, 0) is 23.7 Å². The van der Waals surface area contributed by atoms with Gasteiger partial charge in [0.05, 0.1) is 10.9 Å². The number of hydrogen-bond acceptors (Lipinski definition) is 6. The third-order valence-corrected chi connectivity index (χ3v) is 9.72. The number of piperidine rings is 1. The van der Waals surface area contributed by atoms with Crippen molar-refractivity contribution in [2.45, 2.75) is 63.2 Å². The van der Waals surface area contributed by atoms with E-state index in [4.69, 9.17) is 0 Å². The van der Waals surface area contributed by atoms with E-state index in [1.807, 2.05) is 39.1 Å². The van der Waals surface area contributed by atoms with Gasteiger partial charge in [-0.15, -0.1) is 0 Å². The Bertz CT molecular complexity index is 1500. The van der Waals surface area contributed by atoms with Crippen LogP contribution in [0, 0.1) is 13.8 Å². The molecule has 0 N–H and O–H groups in total. The fraction of sp³-hybridized carbons (Fsp3) is 0.438.